The van der Waals surface area contributed by atoms with Gasteiger partial charge in [-0.1, -0.05) is 0 Å². The van der Waals surface area contributed by atoms with Crippen LogP contribution in [0.25, 0.3) is 11.3 Å². The maximum Gasteiger partial charge on any atom is 0.451 e. The molecule has 5 aromatic heterocycles. The Balaban J connectivity index is 0.000000271. The summed E-state index contributed by atoms with van der Waals surface area (Å²) in [7, 11) is 0. The SMILES string of the molecule is CCC[CH2][Sn]([CH2]CCC)([CH2]CCC)[c]1cc(C)ccn1.Cc1ccnc(-c2cnc(C(F)(F)F)nc2)c1.Cc1ccnc(Br)c1.FC(F)(F)c1ncc(Br)cn1. The molecule has 0 spiro atoms. The average Bonchev–Trinajstić information content (AvgIpc) is 3.15. The fraction of sp³-hybridized carbons (Fsp3) is 0.425. The zero-order valence-corrected chi connectivity index (χ0v) is 38.5. The van der Waals surface area contributed by atoms with E-state index in [1.165, 1.54) is 63.0 Å². The van der Waals surface area contributed by atoms with Gasteiger partial charge in [0.2, 0.25) is 11.6 Å². The standard InChI is InChI=1S/C11H8F3N3.C6H6BrN.C6H6N.C5H2BrF3N2.3C4H9.Sn/c1-7-2-3-15-9(4-7)8-5-16-10(17-6-8)11(12,13)14;1-5-2-3-8-6(7)4-5;1-6-2-4-7-5-3-6;6-3-1-10-4(11-2-3)5(7,8)9;3*1-3-4-2;/h2-6H,1H3;2-4H,1H3;2-4H,1H3;1-2H;3*1,3-4H2,2H3;. The molecule has 0 radical (unpaired) electrons. The van der Waals surface area contributed by atoms with E-state index in [4.69, 9.17) is 4.98 Å². The maximum absolute atomic E-state index is 12.2. The van der Waals surface area contributed by atoms with Crippen molar-refractivity contribution >= 4 is 53.9 Å². The van der Waals surface area contributed by atoms with Crippen LogP contribution in [-0.2, 0) is 12.4 Å². The number of alkyl halides is 6. The van der Waals surface area contributed by atoms with E-state index in [0.29, 0.717) is 15.7 Å². The van der Waals surface area contributed by atoms with Gasteiger partial charge in [-0.2, -0.15) is 26.3 Å². The van der Waals surface area contributed by atoms with Crippen molar-refractivity contribution in [3.05, 3.63) is 117 Å². The summed E-state index contributed by atoms with van der Waals surface area (Å²) < 4.78 is 79.5. The Bertz CT molecular complexity index is 1820. The Labute approximate surface area is 347 Å². The summed E-state index contributed by atoms with van der Waals surface area (Å²) in [4.78, 5) is 25.6. The minimum Gasteiger partial charge on any atom is -0.256 e. The molecule has 0 amide bonds. The molecule has 16 heteroatoms. The van der Waals surface area contributed by atoms with Gasteiger partial charge < -0.3 is 0 Å². The Morgan fingerprint density at radius 2 is 0.946 bits per heavy atom. The number of hydrogen-bond acceptors (Lipinski definition) is 7. The van der Waals surface area contributed by atoms with E-state index in [1.807, 2.05) is 26.0 Å². The van der Waals surface area contributed by atoms with Crippen molar-refractivity contribution < 1.29 is 26.3 Å². The topological polar surface area (TPSA) is 90.2 Å². The second-order valence-corrected chi connectivity index (χ2v) is 28.0. The molecular weight excluding hydrogens is 971 g/mol. The Morgan fingerprint density at radius 3 is 1.32 bits per heavy atom. The summed E-state index contributed by atoms with van der Waals surface area (Å²) >= 11 is 3.92. The van der Waals surface area contributed by atoms with Crippen molar-refractivity contribution in [2.45, 2.75) is 106 Å². The molecule has 5 rings (SSSR count). The van der Waals surface area contributed by atoms with Gasteiger partial charge in [-0.3, -0.25) is 4.98 Å². The molecule has 0 aliphatic rings. The molecule has 0 unspecified atom stereocenters. The van der Waals surface area contributed by atoms with Crippen LogP contribution in [0.5, 0.6) is 0 Å². The third-order valence-corrected chi connectivity index (χ3v) is 24.3. The first-order valence-corrected chi connectivity index (χ1v) is 27.4. The summed E-state index contributed by atoms with van der Waals surface area (Å²) in [5.41, 5.74) is 4.61. The van der Waals surface area contributed by atoms with Crippen LogP contribution in [0, 0.1) is 20.8 Å². The largest absolute Gasteiger partial charge is 0.451 e. The number of pyridine rings is 3. The zero-order valence-electron chi connectivity index (χ0n) is 32.5. The summed E-state index contributed by atoms with van der Waals surface area (Å²) in [5.74, 6) is -2.27. The summed E-state index contributed by atoms with van der Waals surface area (Å²) in [6, 6.07) is 12.1. The van der Waals surface area contributed by atoms with Crippen LogP contribution in [0.4, 0.5) is 26.3 Å². The first-order valence-electron chi connectivity index (χ1n) is 18.3. The van der Waals surface area contributed by atoms with Crippen LogP contribution in [0.15, 0.2) is 88.9 Å². The smallest absolute Gasteiger partial charge is 0.256 e. The molecule has 0 N–H and O–H groups in total. The first kappa shape index (κ1) is 49.1. The fourth-order valence-corrected chi connectivity index (χ4v) is 21.7. The van der Waals surface area contributed by atoms with E-state index in [0.717, 1.165) is 35.0 Å². The van der Waals surface area contributed by atoms with Gasteiger partial charge in [0.15, 0.2) is 0 Å². The normalized spacial score (nSPS) is 11.3. The van der Waals surface area contributed by atoms with E-state index in [2.05, 4.69) is 108 Å². The summed E-state index contributed by atoms with van der Waals surface area (Å²) in [5, 5.41) is 0. The van der Waals surface area contributed by atoms with Crippen molar-refractivity contribution in [3.8, 4) is 11.3 Å². The Kier molecular flexibility index (Phi) is 21.6. The van der Waals surface area contributed by atoms with Gasteiger partial charge >= 0.3 is 143 Å². The molecular formula is C40H49Br2F6N7Sn. The number of nitrogens with zero attached hydrogens (tertiary/aromatic N) is 7. The molecule has 0 saturated heterocycles. The van der Waals surface area contributed by atoms with Gasteiger partial charge in [0, 0.05) is 42.7 Å². The molecule has 56 heavy (non-hydrogen) atoms. The molecule has 0 fully saturated rings. The van der Waals surface area contributed by atoms with E-state index < -0.39 is 42.4 Å². The van der Waals surface area contributed by atoms with Crippen LogP contribution in [0.3, 0.4) is 0 Å². The summed E-state index contributed by atoms with van der Waals surface area (Å²) in [6.45, 7) is 13.1. The predicted molar refractivity (Wildman–Crippen MR) is 220 cm³/mol. The van der Waals surface area contributed by atoms with Gasteiger partial charge in [0.05, 0.1) is 10.2 Å². The second kappa shape index (κ2) is 24.7. The van der Waals surface area contributed by atoms with Gasteiger partial charge in [0.1, 0.15) is 4.60 Å². The van der Waals surface area contributed by atoms with Crippen molar-refractivity contribution in [1.82, 2.24) is 34.9 Å². The fourth-order valence-electron chi connectivity index (χ4n) is 5.39. The predicted octanol–water partition coefficient (Wildman–Crippen LogP) is 12.7. The summed E-state index contributed by atoms with van der Waals surface area (Å²) in [6.07, 6.45) is 9.05. The van der Waals surface area contributed by atoms with Gasteiger partial charge in [-0.15, -0.1) is 0 Å². The first-order chi connectivity index (χ1) is 26.4. The number of halogens is 8. The van der Waals surface area contributed by atoms with Crippen molar-refractivity contribution in [2.75, 3.05) is 0 Å². The molecule has 5 aromatic rings. The Hall–Kier alpha value is -3.05. The van der Waals surface area contributed by atoms with Gasteiger partial charge in [0.25, 0.3) is 0 Å². The van der Waals surface area contributed by atoms with Crippen molar-refractivity contribution in [3.63, 3.8) is 0 Å². The second-order valence-electron chi connectivity index (χ2n) is 13.2. The van der Waals surface area contributed by atoms with Crippen LogP contribution >= 0.6 is 31.9 Å². The third kappa shape index (κ3) is 18.0. The quantitative estimate of drug-likeness (QED) is 0.0739. The third-order valence-electron chi connectivity index (χ3n) is 8.36. The molecule has 0 aliphatic carbocycles. The van der Waals surface area contributed by atoms with Crippen LogP contribution in [-0.4, -0.2) is 53.3 Å². The van der Waals surface area contributed by atoms with Crippen molar-refractivity contribution in [2.24, 2.45) is 0 Å². The number of unbranched alkanes of at least 4 members (excludes halogenated alkanes) is 3. The molecule has 7 nitrogen and oxygen atoms in total. The monoisotopic (exact) mass is 1020 g/mol. The van der Waals surface area contributed by atoms with E-state index >= 15 is 0 Å². The molecule has 304 valence electrons. The van der Waals surface area contributed by atoms with Gasteiger partial charge in [-0.25, -0.2) is 24.9 Å². The minimum atomic E-state index is -4.52. The number of aryl methyl sites for hydroxylation is 3. The molecule has 0 atom stereocenters. The Morgan fingerprint density at radius 1 is 0.536 bits per heavy atom. The number of aromatic nitrogens is 7. The maximum atomic E-state index is 12.2. The van der Waals surface area contributed by atoms with Crippen LogP contribution < -0.4 is 3.71 Å². The molecule has 0 saturated carbocycles. The van der Waals surface area contributed by atoms with Crippen LogP contribution in [0.2, 0.25) is 13.3 Å². The van der Waals surface area contributed by atoms with E-state index in [-0.39, 0.29) is 0 Å². The van der Waals surface area contributed by atoms with E-state index in [1.54, 1.807) is 28.2 Å². The molecule has 5 heterocycles. The van der Waals surface area contributed by atoms with Crippen LogP contribution in [0.1, 0.15) is 87.6 Å². The minimum absolute atomic E-state index is 0.422. The molecule has 0 aromatic carbocycles. The average molecular weight is 1020 g/mol. The van der Waals surface area contributed by atoms with E-state index in [9.17, 15) is 26.3 Å². The zero-order chi connectivity index (χ0) is 41.8. The van der Waals surface area contributed by atoms with Crippen molar-refractivity contribution in [1.29, 1.82) is 0 Å². The number of rotatable bonds is 11. The van der Waals surface area contributed by atoms with Gasteiger partial charge in [-0.05, 0) is 81.1 Å². The molecule has 0 bridgehead atoms. The molecule has 0 aliphatic heterocycles. The number of hydrogen-bond donors (Lipinski definition) is 0.